The van der Waals surface area contributed by atoms with Crippen LogP contribution < -0.4 is 4.90 Å². The summed E-state index contributed by atoms with van der Waals surface area (Å²) >= 11 is 1.85. The Labute approximate surface area is 119 Å². The molecule has 2 nitrogen and oxygen atoms in total. The highest BCUT2D eigenvalue weighted by Crippen LogP contribution is 2.37. The lowest BCUT2D eigenvalue weighted by molar-refractivity contribution is -0.114. The molecule has 0 saturated carbocycles. The Bertz CT molecular complexity index is 507. The van der Waals surface area contributed by atoms with Crippen molar-refractivity contribution >= 4 is 23.4 Å². The van der Waals surface area contributed by atoms with Gasteiger partial charge in [-0.15, -0.1) is 11.8 Å². The van der Waals surface area contributed by atoms with Crippen LogP contribution in [-0.4, -0.2) is 17.7 Å². The number of para-hydroxylation sites is 1. The molecule has 1 aromatic carbocycles. The molecule has 1 aliphatic rings. The molecule has 19 heavy (non-hydrogen) atoms. The molecule has 0 aliphatic carbocycles. The van der Waals surface area contributed by atoms with Crippen LogP contribution in [0.5, 0.6) is 0 Å². The summed E-state index contributed by atoms with van der Waals surface area (Å²) in [4.78, 5) is 15.4. The molecule has 0 radical (unpaired) electrons. The van der Waals surface area contributed by atoms with Crippen molar-refractivity contribution < 1.29 is 4.79 Å². The molecular weight excluding hydrogens is 254 g/mol. The number of fused-ring (bicyclic) bond motifs is 1. The van der Waals surface area contributed by atoms with E-state index in [4.69, 9.17) is 0 Å². The number of anilines is 1. The van der Waals surface area contributed by atoms with Crippen molar-refractivity contribution in [1.29, 1.82) is 0 Å². The maximum absolute atomic E-state index is 12.3. The number of nitrogens with zero attached hydrogens (tertiary/aromatic N) is 1. The summed E-state index contributed by atoms with van der Waals surface area (Å²) in [5, 5.41) is 0.540. The van der Waals surface area contributed by atoms with E-state index in [1.165, 1.54) is 4.90 Å². The van der Waals surface area contributed by atoms with Crippen LogP contribution in [0.3, 0.4) is 0 Å². The van der Waals surface area contributed by atoms with Gasteiger partial charge in [-0.05, 0) is 25.5 Å². The number of amides is 1. The van der Waals surface area contributed by atoms with Crippen LogP contribution in [0.25, 0.3) is 0 Å². The predicted molar refractivity (Wildman–Crippen MR) is 82.7 cm³/mol. The van der Waals surface area contributed by atoms with Crippen LogP contribution in [-0.2, 0) is 4.79 Å². The number of benzene rings is 1. The highest BCUT2D eigenvalue weighted by atomic mass is 32.2. The molecule has 0 saturated heterocycles. The second-order valence-corrected chi connectivity index (χ2v) is 6.04. The van der Waals surface area contributed by atoms with Crippen molar-refractivity contribution in [1.82, 2.24) is 0 Å². The summed E-state index contributed by atoms with van der Waals surface area (Å²) in [6, 6.07) is 8.15. The van der Waals surface area contributed by atoms with E-state index in [1.54, 1.807) is 12.2 Å². The van der Waals surface area contributed by atoms with Gasteiger partial charge in [0.15, 0.2) is 0 Å². The highest BCUT2D eigenvalue weighted by Gasteiger charge is 2.22. The molecule has 0 fully saturated rings. The SMILES string of the molecule is C/C=C/C=C/C(=O)N1CCC(C)Sc2ccccc21. The van der Waals surface area contributed by atoms with Crippen molar-refractivity contribution in [3.05, 3.63) is 48.6 Å². The molecule has 1 heterocycles. The molecule has 1 atom stereocenters. The van der Waals surface area contributed by atoms with Crippen LogP contribution in [0, 0.1) is 0 Å². The topological polar surface area (TPSA) is 20.3 Å². The maximum Gasteiger partial charge on any atom is 0.251 e. The number of rotatable bonds is 2. The van der Waals surface area contributed by atoms with Gasteiger partial charge in [0.1, 0.15) is 0 Å². The summed E-state index contributed by atoms with van der Waals surface area (Å²) in [6.07, 6.45) is 8.24. The number of hydrogen-bond donors (Lipinski definition) is 0. The average molecular weight is 273 g/mol. The zero-order chi connectivity index (χ0) is 13.7. The molecule has 0 aromatic heterocycles. The Morgan fingerprint density at radius 2 is 2.16 bits per heavy atom. The van der Waals surface area contributed by atoms with Crippen molar-refractivity contribution in [2.75, 3.05) is 11.4 Å². The largest absolute Gasteiger partial charge is 0.308 e. The lowest BCUT2D eigenvalue weighted by Crippen LogP contribution is -2.30. The van der Waals surface area contributed by atoms with Gasteiger partial charge in [0, 0.05) is 22.8 Å². The Morgan fingerprint density at radius 3 is 2.95 bits per heavy atom. The molecule has 1 unspecified atom stereocenters. The molecule has 1 aromatic rings. The van der Waals surface area contributed by atoms with Gasteiger partial charge in [0.2, 0.25) is 0 Å². The Kier molecular flexibility index (Phi) is 4.86. The minimum atomic E-state index is 0.0558. The van der Waals surface area contributed by atoms with E-state index in [0.29, 0.717) is 5.25 Å². The van der Waals surface area contributed by atoms with Gasteiger partial charge in [-0.1, -0.05) is 37.3 Å². The smallest absolute Gasteiger partial charge is 0.251 e. The van der Waals surface area contributed by atoms with Crippen LogP contribution in [0.2, 0.25) is 0 Å². The number of hydrogen-bond acceptors (Lipinski definition) is 2. The summed E-state index contributed by atoms with van der Waals surface area (Å²) in [5.41, 5.74) is 1.03. The quantitative estimate of drug-likeness (QED) is 0.599. The van der Waals surface area contributed by atoms with Gasteiger partial charge in [0.25, 0.3) is 5.91 Å². The molecular formula is C16H19NOS. The Hall–Kier alpha value is -1.48. The monoisotopic (exact) mass is 273 g/mol. The third-order valence-corrected chi connectivity index (χ3v) is 4.29. The first-order chi connectivity index (χ1) is 9.22. The summed E-state index contributed by atoms with van der Waals surface area (Å²) in [7, 11) is 0. The summed E-state index contributed by atoms with van der Waals surface area (Å²) in [6.45, 7) is 4.93. The molecule has 1 aliphatic heterocycles. The maximum atomic E-state index is 12.3. The fourth-order valence-corrected chi connectivity index (χ4v) is 3.17. The normalized spacial score (nSPS) is 19.7. The molecule has 1 amide bonds. The zero-order valence-electron chi connectivity index (χ0n) is 11.4. The molecule has 2 rings (SSSR count). The van der Waals surface area contributed by atoms with E-state index in [0.717, 1.165) is 18.7 Å². The van der Waals surface area contributed by atoms with E-state index in [2.05, 4.69) is 13.0 Å². The van der Waals surface area contributed by atoms with Gasteiger partial charge >= 0.3 is 0 Å². The van der Waals surface area contributed by atoms with Crippen LogP contribution in [0.4, 0.5) is 5.69 Å². The highest BCUT2D eigenvalue weighted by molar-refractivity contribution is 8.00. The third kappa shape index (κ3) is 3.51. The van der Waals surface area contributed by atoms with E-state index in [-0.39, 0.29) is 5.91 Å². The second kappa shape index (κ2) is 6.62. The van der Waals surface area contributed by atoms with Crippen molar-refractivity contribution in [3.8, 4) is 0 Å². The van der Waals surface area contributed by atoms with Gasteiger partial charge in [-0.2, -0.15) is 0 Å². The lowest BCUT2D eigenvalue weighted by Gasteiger charge is -2.20. The number of carbonyl (C=O) groups is 1. The predicted octanol–water partition coefficient (Wildman–Crippen LogP) is 4.04. The Balaban J connectivity index is 2.28. The van der Waals surface area contributed by atoms with E-state index in [1.807, 2.05) is 53.9 Å². The third-order valence-electron chi connectivity index (χ3n) is 3.05. The van der Waals surface area contributed by atoms with Gasteiger partial charge in [-0.3, -0.25) is 4.79 Å². The van der Waals surface area contributed by atoms with E-state index >= 15 is 0 Å². The molecule has 0 spiro atoms. The minimum Gasteiger partial charge on any atom is -0.308 e. The first kappa shape index (κ1) is 13.9. The summed E-state index contributed by atoms with van der Waals surface area (Å²) < 4.78 is 0. The molecule has 0 N–H and O–H groups in total. The summed E-state index contributed by atoms with van der Waals surface area (Å²) in [5.74, 6) is 0.0558. The molecule has 0 bridgehead atoms. The van der Waals surface area contributed by atoms with E-state index in [9.17, 15) is 4.79 Å². The molecule has 3 heteroatoms. The minimum absolute atomic E-state index is 0.0558. The number of thioether (sulfide) groups is 1. The zero-order valence-corrected chi connectivity index (χ0v) is 12.2. The second-order valence-electron chi connectivity index (χ2n) is 4.56. The fraction of sp³-hybridized carbons (Fsp3) is 0.312. The first-order valence-corrected chi connectivity index (χ1v) is 7.47. The number of carbonyl (C=O) groups excluding carboxylic acids is 1. The van der Waals surface area contributed by atoms with Gasteiger partial charge in [0.05, 0.1) is 5.69 Å². The van der Waals surface area contributed by atoms with Gasteiger partial charge in [-0.25, -0.2) is 0 Å². The van der Waals surface area contributed by atoms with Crippen molar-refractivity contribution in [2.24, 2.45) is 0 Å². The lowest BCUT2D eigenvalue weighted by atomic mass is 10.2. The average Bonchev–Trinajstić information content (AvgIpc) is 2.57. The number of allylic oxidation sites excluding steroid dienone is 3. The van der Waals surface area contributed by atoms with Gasteiger partial charge < -0.3 is 4.90 Å². The van der Waals surface area contributed by atoms with Crippen molar-refractivity contribution in [3.63, 3.8) is 0 Å². The molecule has 100 valence electrons. The standard InChI is InChI=1S/C16H19NOS/c1-3-4-5-10-16(18)17-12-11-13(2)19-15-9-7-6-8-14(15)17/h3-10,13H,11-12H2,1-2H3/b4-3+,10-5+. The van der Waals surface area contributed by atoms with Crippen LogP contribution >= 0.6 is 11.8 Å². The Morgan fingerprint density at radius 1 is 1.37 bits per heavy atom. The first-order valence-electron chi connectivity index (χ1n) is 6.59. The fourth-order valence-electron chi connectivity index (χ4n) is 2.05. The van der Waals surface area contributed by atoms with Crippen LogP contribution in [0.15, 0.2) is 53.5 Å². The van der Waals surface area contributed by atoms with Crippen molar-refractivity contribution in [2.45, 2.75) is 30.4 Å². The van der Waals surface area contributed by atoms with Crippen LogP contribution in [0.1, 0.15) is 20.3 Å². The van der Waals surface area contributed by atoms with E-state index < -0.39 is 0 Å².